The molecule has 148 valence electrons. The Bertz CT molecular complexity index is 1160. The molecule has 4 heterocycles. The number of benzene rings is 1. The summed E-state index contributed by atoms with van der Waals surface area (Å²) < 4.78 is 28.5. The molecule has 8 heteroatoms. The number of fused-ring (bicyclic) bond motifs is 2. The maximum absolute atomic E-state index is 13.5. The van der Waals surface area contributed by atoms with Crippen LogP contribution in [0.2, 0.25) is 0 Å². The zero-order valence-corrected chi connectivity index (χ0v) is 17.2. The number of rotatable bonds is 3. The summed E-state index contributed by atoms with van der Waals surface area (Å²) in [6.07, 6.45) is 3.91. The molecule has 1 aromatic carbocycles. The van der Waals surface area contributed by atoms with Gasteiger partial charge in [0.15, 0.2) is 0 Å². The van der Waals surface area contributed by atoms with E-state index < -0.39 is 15.6 Å². The van der Waals surface area contributed by atoms with Crippen molar-refractivity contribution in [2.75, 3.05) is 13.1 Å². The average molecular weight is 426 g/mol. The van der Waals surface area contributed by atoms with Gasteiger partial charge in [-0.1, -0.05) is 24.3 Å². The van der Waals surface area contributed by atoms with Crippen molar-refractivity contribution in [3.63, 3.8) is 0 Å². The molecule has 0 radical (unpaired) electrons. The molecule has 2 aliphatic heterocycles. The number of carbonyl (C=O) groups excluding carboxylic acids is 1. The third-order valence-corrected chi connectivity index (χ3v) is 8.60. The van der Waals surface area contributed by atoms with Crippen molar-refractivity contribution in [3.05, 3.63) is 82.3 Å². The number of aromatic nitrogens is 1. The monoisotopic (exact) mass is 425 g/mol. The Hall–Kier alpha value is -2.55. The summed E-state index contributed by atoms with van der Waals surface area (Å²) in [5.74, 6) is -0.0393. The first-order valence-electron chi connectivity index (χ1n) is 9.36. The second-order valence-electron chi connectivity index (χ2n) is 7.35. The Labute approximate surface area is 173 Å². The standard InChI is InChI=1S/C21H19N3O3S2/c25-20(18-5-3-13-28-18)23-12-9-21(15-23)17-4-1-2-6-19(17)29(26,27)24(21)14-16-7-10-22-11-8-16/h1-8,10-11,13H,9,12,14-15H2. The number of sulfonamides is 1. The van der Waals surface area contributed by atoms with E-state index in [0.29, 0.717) is 29.3 Å². The molecule has 1 spiro atoms. The number of amides is 1. The van der Waals surface area contributed by atoms with Crippen molar-refractivity contribution in [1.29, 1.82) is 0 Å². The summed E-state index contributed by atoms with van der Waals surface area (Å²) in [6, 6.07) is 14.5. The molecule has 1 atom stereocenters. The zero-order chi connectivity index (χ0) is 20.1. The maximum atomic E-state index is 13.5. The van der Waals surface area contributed by atoms with E-state index in [2.05, 4.69) is 4.98 Å². The molecule has 6 nitrogen and oxygen atoms in total. The molecule has 0 bridgehead atoms. The minimum atomic E-state index is -3.66. The fraction of sp³-hybridized carbons (Fsp3) is 0.238. The lowest BCUT2D eigenvalue weighted by molar-refractivity contribution is 0.0767. The fourth-order valence-corrected chi connectivity index (χ4v) is 7.14. The van der Waals surface area contributed by atoms with Crippen molar-refractivity contribution < 1.29 is 13.2 Å². The van der Waals surface area contributed by atoms with Gasteiger partial charge in [-0.25, -0.2) is 8.42 Å². The molecule has 1 saturated heterocycles. The second-order valence-corrected chi connectivity index (χ2v) is 10.1. The number of pyridine rings is 1. The van der Waals surface area contributed by atoms with E-state index >= 15 is 0 Å². The third kappa shape index (κ3) is 2.82. The van der Waals surface area contributed by atoms with Gasteiger partial charge < -0.3 is 4.90 Å². The van der Waals surface area contributed by atoms with Crippen LogP contribution >= 0.6 is 11.3 Å². The largest absolute Gasteiger partial charge is 0.336 e. The zero-order valence-electron chi connectivity index (χ0n) is 15.6. The quantitative estimate of drug-likeness (QED) is 0.647. The van der Waals surface area contributed by atoms with Crippen LogP contribution in [0.4, 0.5) is 0 Å². The first-order chi connectivity index (χ1) is 14.0. The summed E-state index contributed by atoms with van der Waals surface area (Å²) in [5.41, 5.74) is 0.917. The Morgan fingerprint density at radius 2 is 1.90 bits per heavy atom. The SMILES string of the molecule is O=C(c1cccs1)N1CCC2(C1)c1ccccc1S(=O)(=O)N2Cc1ccncc1. The van der Waals surface area contributed by atoms with E-state index in [9.17, 15) is 13.2 Å². The second kappa shape index (κ2) is 6.76. The molecule has 0 N–H and O–H groups in total. The van der Waals surface area contributed by atoms with Crippen LogP contribution in [-0.2, 0) is 22.1 Å². The summed E-state index contributed by atoms with van der Waals surface area (Å²) in [6.45, 7) is 1.12. The van der Waals surface area contributed by atoms with E-state index in [0.717, 1.165) is 11.1 Å². The van der Waals surface area contributed by atoms with Crippen molar-refractivity contribution in [2.24, 2.45) is 0 Å². The van der Waals surface area contributed by atoms with Crippen molar-refractivity contribution >= 4 is 27.3 Å². The van der Waals surface area contributed by atoms with Gasteiger partial charge in [0.1, 0.15) is 0 Å². The average Bonchev–Trinajstić information content (AvgIpc) is 3.46. The van der Waals surface area contributed by atoms with Crippen LogP contribution in [0.1, 0.15) is 27.2 Å². The molecule has 2 aliphatic rings. The topological polar surface area (TPSA) is 70.6 Å². The van der Waals surface area contributed by atoms with Gasteiger partial charge in [0.05, 0.1) is 15.3 Å². The third-order valence-electron chi connectivity index (χ3n) is 5.78. The molecule has 5 rings (SSSR count). The Balaban J connectivity index is 1.58. The Kier molecular flexibility index (Phi) is 4.31. The Morgan fingerprint density at radius 1 is 1.10 bits per heavy atom. The van der Waals surface area contributed by atoms with Crippen LogP contribution in [0.3, 0.4) is 0 Å². The molecule has 1 amide bonds. The lowest BCUT2D eigenvalue weighted by Gasteiger charge is -2.34. The first kappa shape index (κ1) is 18.5. The highest BCUT2D eigenvalue weighted by Gasteiger charge is 2.57. The van der Waals surface area contributed by atoms with Crippen LogP contribution in [-0.4, -0.2) is 41.6 Å². The molecule has 29 heavy (non-hydrogen) atoms. The van der Waals surface area contributed by atoms with Crippen LogP contribution in [0, 0.1) is 0 Å². The van der Waals surface area contributed by atoms with Crippen molar-refractivity contribution in [3.8, 4) is 0 Å². The summed E-state index contributed by atoms with van der Waals surface area (Å²) in [5, 5.41) is 1.88. The van der Waals surface area contributed by atoms with Crippen LogP contribution < -0.4 is 0 Å². The number of nitrogens with zero attached hydrogens (tertiary/aromatic N) is 3. The number of hydrogen-bond donors (Lipinski definition) is 0. The minimum Gasteiger partial charge on any atom is -0.336 e. The predicted octanol–water partition coefficient (Wildman–Crippen LogP) is 3.09. The molecular weight excluding hydrogens is 406 g/mol. The van der Waals surface area contributed by atoms with E-state index in [1.165, 1.54) is 11.3 Å². The molecule has 1 unspecified atom stereocenters. The lowest BCUT2D eigenvalue weighted by atomic mass is 9.88. The Morgan fingerprint density at radius 3 is 2.66 bits per heavy atom. The molecule has 2 aromatic heterocycles. The number of carbonyl (C=O) groups is 1. The molecule has 0 aliphatic carbocycles. The highest BCUT2D eigenvalue weighted by molar-refractivity contribution is 7.89. The summed E-state index contributed by atoms with van der Waals surface area (Å²) in [4.78, 5) is 19.8. The molecular formula is C21H19N3O3S2. The van der Waals surface area contributed by atoms with Crippen molar-refractivity contribution in [2.45, 2.75) is 23.4 Å². The molecule has 1 fully saturated rings. The van der Waals surface area contributed by atoms with Gasteiger partial charge in [0.2, 0.25) is 10.0 Å². The van der Waals surface area contributed by atoms with Gasteiger partial charge in [-0.3, -0.25) is 9.78 Å². The smallest absolute Gasteiger partial charge is 0.263 e. The van der Waals surface area contributed by atoms with Crippen LogP contribution in [0.25, 0.3) is 0 Å². The number of hydrogen-bond acceptors (Lipinski definition) is 5. The number of likely N-dealkylation sites (tertiary alicyclic amines) is 1. The van der Waals surface area contributed by atoms with Gasteiger partial charge in [0, 0.05) is 32.0 Å². The normalized spacial score (nSPS) is 22.8. The molecule has 0 saturated carbocycles. The summed E-state index contributed by atoms with van der Waals surface area (Å²) in [7, 11) is -3.66. The first-order valence-corrected chi connectivity index (χ1v) is 11.7. The minimum absolute atomic E-state index is 0.0393. The van der Waals surface area contributed by atoms with Crippen molar-refractivity contribution in [1.82, 2.24) is 14.2 Å². The summed E-state index contributed by atoms with van der Waals surface area (Å²) >= 11 is 1.41. The van der Waals surface area contributed by atoms with Crippen LogP contribution in [0.5, 0.6) is 0 Å². The maximum Gasteiger partial charge on any atom is 0.263 e. The lowest BCUT2D eigenvalue weighted by Crippen LogP contribution is -2.46. The predicted molar refractivity (Wildman–Crippen MR) is 110 cm³/mol. The van der Waals surface area contributed by atoms with E-state index in [4.69, 9.17) is 0 Å². The van der Waals surface area contributed by atoms with Crippen LogP contribution in [0.15, 0.2) is 71.2 Å². The van der Waals surface area contributed by atoms with E-state index in [-0.39, 0.29) is 12.5 Å². The molecule has 3 aromatic rings. The van der Waals surface area contributed by atoms with Gasteiger partial charge >= 0.3 is 0 Å². The van der Waals surface area contributed by atoms with E-state index in [1.807, 2.05) is 41.8 Å². The van der Waals surface area contributed by atoms with Gasteiger partial charge in [-0.15, -0.1) is 11.3 Å². The fourth-order valence-electron chi connectivity index (χ4n) is 4.40. The van der Waals surface area contributed by atoms with Gasteiger partial charge in [-0.05, 0) is 47.2 Å². The van der Waals surface area contributed by atoms with E-state index in [1.54, 1.807) is 33.7 Å². The highest BCUT2D eigenvalue weighted by atomic mass is 32.2. The van der Waals surface area contributed by atoms with Gasteiger partial charge in [-0.2, -0.15) is 4.31 Å². The highest BCUT2D eigenvalue weighted by Crippen LogP contribution is 2.50. The van der Waals surface area contributed by atoms with Gasteiger partial charge in [0.25, 0.3) is 5.91 Å². The number of thiophene rings is 1.